The van der Waals surface area contributed by atoms with Crippen LogP contribution in [0.25, 0.3) is 0 Å². The highest BCUT2D eigenvalue weighted by molar-refractivity contribution is 6.03. The number of anilines is 1. The van der Waals surface area contributed by atoms with Crippen molar-refractivity contribution in [2.24, 2.45) is 0 Å². The van der Waals surface area contributed by atoms with Crippen LogP contribution in [0.3, 0.4) is 0 Å². The van der Waals surface area contributed by atoms with Crippen molar-refractivity contribution in [2.75, 3.05) is 5.32 Å². The molecule has 1 amide bonds. The zero-order chi connectivity index (χ0) is 8.72. The highest BCUT2D eigenvalue weighted by atomic mass is 16.2. The van der Waals surface area contributed by atoms with Crippen LogP contribution in [0, 0.1) is 6.92 Å². The lowest BCUT2D eigenvalue weighted by atomic mass is 10.0. The zero-order valence-electron chi connectivity index (χ0n) is 7.22. The molecule has 0 aromatic heterocycles. The molecule has 1 aliphatic rings. The Hall–Kier alpha value is -1.31. The van der Waals surface area contributed by atoms with Gasteiger partial charge in [0.05, 0.1) is 5.92 Å². The fraction of sp³-hybridized carbons (Fsp3) is 0.300. The maximum atomic E-state index is 11.3. The van der Waals surface area contributed by atoms with Gasteiger partial charge < -0.3 is 5.32 Å². The van der Waals surface area contributed by atoms with Gasteiger partial charge in [-0.2, -0.15) is 0 Å². The molecule has 1 heterocycles. The normalized spacial score (nSPS) is 20.5. The second-order valence-corrected chi connectivity index (χ2v) is 3.25. The highest BCUT2D eigenvalue weighted by Crippen LogP contribution is 2.33. The van der Waals surface area contributed by atoms with Crippen LogP contribution in [0.4, 0.5) is 5.69 Å². The van der Waals surface area contributed by atoms with Gasteiger partial charge in [0, 0.05) is 5.69 Å². The van der Waals surface area contributed by atoms with E-state index in [0.717, 1.165) is 16.8 Å². The van der Waals surface area contributed by atoms with E-state index in [-0.39, 0.29) is 11.8 Å². The Morgan fingerprint density at radius 2 is 2.17 bits per heavy atom. The number of hydrogen-bond donors (Lipinski definition) is 1. The fourth-order valence-corrected chi connectivity index (χ4v) is 1.59. The van der Waals surface area contributed by atoms with Crippen LogP contribution < -0.4 is 5.32 Å². The maximum Gasteiger partial charge on any atom is 0.231 e. The van der Waals surface area contributed by atoms with E-state index < -0.39 is 0 Å². The van der Waals surface area contributed by atoms with Gasteiger partial charge in [-0.1, -0.05) is 18.2 Å². The summed E-state index contributed by atoms with van der Waals surface area (Å²) >= 11 is 0. The minimum atomic E-state index is 0.0138. The van der Waals surface area contributed by atoms with Crippen molar-refractivity contribution in [3.05, 3.63) is 29.3 Å². The quantitative estimate of drug-likeness (QED) is 0.620. The Morgan fingerprint density at radius 3 is 2.83 bits per heavy atom. The minimum absolute atomic E-state index is 0.0138. The summed E-state index contributed by atoms with van der Waals surface area (Å²) in [6.45, 7) is 3.94. The van der Waals surface area contributed by atoms with E-state index in [1.807, 2.05) is 32.0 Å². The van der Waals surface area contributed by atoms with Gasteiger partial charge in [-0.3, -0.25) is 4.79 Å². The molecule has 62 valence electrons. The molecule has 2 heteroatoms. The van der Waals surface area contributed by atoms with Gasteiger partial charge in [-0.15, -0.1) is 0 Å². The largest absolute Gasteiger partial charge is 0.325 e. The molecule has 0 bridgehead atoms. The number of carbonyl (C=O) groups is 1. The fourth-order valence-electron chi connectivity index (χ4n) is 1.59. The first-order chi connectivity index (χ1) is 5.70. The third kappa shape index (κ3) is 0.843. The molecule has 1 atom stereocenters. The number of carbonyl (C=O) groups excluding carboxylic acids is 1. The number of fused-ring (bicyclic) bond motifs is 1. The maximum absolute atomic E-state index is 11.3. The molecule has 1 N–H and O–H groups in total. The Morgan fingerprint density at radius 1 is 1.42 bits per heavy atom. The van der Waals surface area contributed by atoms with E-state index in [1.165, 1.54) is 0 Å². The third-order valence-electron chi connectivity index (χ3n) is 2.41. The van der Waals surface area contributed by atoms with Gasteiger partial charge in [0.1, 0.15) is 0 Å². The van der Waals surface area contributed by atoms with Gasteiger partial charge in [-0.05, 0) is 25.0 Å². The monoisotopic (exact) mass is 161 g/mol. The summed E-state index contributed by atoms with van der Waals surface area (Å²) in [4.78, 5) is 11.3. The second-order valence-electron chi connectivity index (χ2n) is 3.25. The number of para-hydroxylation sites is 1. The Kier molecular flexibility index (Phi) is 1.43. The summed E-state index contributed by atoms with van der Waals surface area (Å²) in [6.07, 6.45) is 0. The number of aryl methyl sites for hydroxylation is 1. The topological polar surface area (TPSA) is 29.1 Å². The van der Waals surface area contributed by atoms with Crippen LogP contribution >= 0.6 is 0 Å². The summed E-state index contributed by atoms with van der Waals surface area (Å²) in [7, 11) is 0. The molecule has 1 aromatic carbocycles. The van der Waals surface area contributed by atoms with Crippen molar-refractivity contribution in [3.8, 4) is 0 Å². The van der Waals surface area contributed by atoms with Crippen molar-refractivity contribution >= 4 is 11.6 Å². The molecule has 0 spiro atoms. The number of benzene rings is 1. The molecule has 2 nitrogen and oxygen atoms in total. The van der Waals surface area contributed by atoms with E-state index in [2.05, 4.69) is 5.32 Å². The molecule has 12 heavy (non-hydrogen) atoms. The van der Waals surface area contributed by atoms with E-state index in [0.29, 0.717) is 0 Å². The molecule has 0 radical (unpaired) electrons. The van der Waals surface area contributed by atoms with Gasteiger partial charge in [-0.25, -0.2) is 0 Å². The first-order valence-corrected chi connectivity index (χ1v) is 4.10. The lowest BCUT2D eigenvalue weighted by molar-refractivity contribution is -0.116. The van der Waals surface area contributed by atoms with Crippen molar-refractivity contribution < 1.29 is 4.79 Å². The summed E-state index contributed by atoms with van der Waals surface area (Å²) < 4.78 is 0. The van der Waals surface area contributed by atoms with Crippen molar-refractivity contribution in [2.45, 2.75) is 19.8 Å². The van der Waals surface area contributed by atoms with E-state index in [9.17, 15) is 4.79 Å². The Balaban J connectivity index is 2.60. The number of nitrogens with one attached hydrogen (secondary N) is 1. The predicted molar refractivity (Wildman–Crippen MR) is 48.2 cm³/mol. The highest BCUT2D eigenvalue weighted by Gasteiger charge is 2.26. The first-order valence-electron chi connectivity index (χ1n) is 4.10. The molecular weight excluding hydrogens is 150 g/mol. The van der Waals surface area contributed by atoms with Crippen LogP contribution in [-0.2, 0) is 4.79 Å². The number of amides is 1. The van der Waals surface area contributed by atoms with Gasteiger partial charge in [0.25, 0.3) is 0 Å². The number of hydrogen-bond acceptors (Lipinski definition) is 1. The lowest BCUT2D eigenvalue weighted by Gasteiger charge is -2.02. The Bertz CT molecular complexity index is 344. The van der Waals surface area contributed by atoms with Crippen LogP contribution in [0.1, 0.15) is 24.0 Å². The molecule has 0 fully saturated rings. The van der Waals surface area contributed by atoms with Crippen molar-refractivity contribution in [1.82, 2.24) is 0 Å². The second kappa shape index (κ2) is 2.34. The molecule has 1 aromatic rings. The van der Waals surface area contributed by atoms with Gasteiger partial charge in [0.15, 0.2) is 0 Å². The molecule has 0 unspecified atom stereocenters. The van der Waals surface area contributed by atoms with Crippen LogP contribution in [0.2, 0.25) is 0 Å². The SMILES string of the molecule is Cc1cccc2c1NC(=O)[C@H]2C. The summed E-state index contributed by atoms with van der Waals surface area (Å²) in [5, 5.41) is 2.88. The standard InChI is InChI=1S/C10H11NO/c1-6-4-3-5-8-7(2)10(12)11-9(6)8/h3-5,7H,1-2H3,(H,11,12)/t7-/m0/s1. The molecule has 2 rings (SSSR count). The third-order valence-corrected chi connectivity index (χ3v) is 2.41. The zero-order valence-corrected chi connectivity index (χ0v) is 7.22. The van der Waals surface area contributed by atoms with E-state index in [4.69, 9.17) is 0 Å². The summed E-state index contributed by atoms with van der Waals surface area (Å²) in [5.74, 6) is 0.124. The molecule has 1 aliphatic heterocycles. The van der Waals surface area contributed by atoms with Gasteiger partial charge in [0.2, 0.25) is 5.91 Å². The lowest BCUT2D eigenvalue weighted by Crippen LogP contribution is -2.08. The van der Waals surface area contributed by atoms with E-state index in [1.54, 1.807) is 0 Å². The molecule has 0 aliphatic carbocycles. The number of rotatable bonds is 0. The Labute approximate surface area is 71.6 Å². The molecule has 0 saturated carbocycles. The van der Waals surface area contributed by atoms with Crippen molar-refractivity contribution in [3.63, 3.8) is 0 Å². The summed E-state index contributed by atoms with van der Waals surface area (Å²) in [6, 6.07) is 6.01. The molecule has 0 saturated heterocycles. The average Bonchev–Trinajstić information content (AvgIpc) is 2.32. The van der Waals surface area contributed by atoms with Crippen molar-refractivity contribution in [1.29, 1.82) is 0 Å². The predicted octanol–water partition coefficient (Wildman–Crippen LogP) is 2.05. The average molecular weight is 161 g/mol. The molecular formula is C10H11NO. The summed E-state index contributed by atoms with van der Waals surface area (Å²) in [5.41, 5.74) is 3.28. The smallest absolute Gasteiger partial charge is 0.231 e. The van der Waals surface area contributed by atoms with Crippen LogP contribution in [0.15, 0.2) is 18.2 Å². The minimum Gasteiger partial charge on any atom is -0.325 e. The van der Waals surface area contributed by atoms with Gasteiger partial charge >= 0.3 is 0 Å². The van der Waals surface area contributed by atoms with Crippen LogP contribution in [0.5, 0.6) is 0 Å². The van der Waals surface area contributed by atoms with Crippen LogP contribution in [-0.4, -0.2) is 5.91 Å². The van der Waals surface area contributed by atoms with E-state index >= 15 is 0 Å². The first kappa shape index (κ1) is 7.35.